The number of nitro groups is 1. The lowest BCUT2D eigenvalue weighted by Crippen LogP contribution is -2.57. The summed E-state index contributed by atoms with van der Waals surface area (Å²) in [7, 11) is -3.61. The fraction of sp³-hybridized carbons (Fsp3) is 0.611. The number of amides is 1. The molecule has 160 valence electrons. The van der Waals surface area contributed by atoms with E-state index in [1.165, 1.54) is 26.8 Å². The van der Waals surface area contributed by atoms with Gasteiger partial charge < -0.3 is 9.64 Å². The quantitative estimate of drug-likeness (QED) is 0.525. The molecule has 2 fully saturated rings. The predicted molar refractivity (Wildman–Crippen MR) is 106 cm³/mol. The first-order valence-electron chi connectivity index (χ1n) is 9.54. The van der Waals surface area contributed by atoms with E-state index in [2.05, 4.69) is 0 Å². The number of ether oxygens (including phenoxy) is 1. The molecule has 2 saturated heterocycles. The average Bonchev–Trinajstić information content (AvgIpc) is 2.66. The maximum atomic E-state index is 13.0. The average molecular weight is 426 g/mol. The first-order chi connectivity index (χ1) is 13.6. The van der Waals surface area contributed by atoms with Gasteiger partial charge in [0.2, 0.25) is 0 Å². The van der Waals surface area contributed by atoms with Crippen molar-refractivity contribution in [3.63, 3.8) is 0 Å². The van der Waals surface area contributed by atoms with E-state index in [9.17, 15) is 23.3 Å². The van der Waals surface area contributed by atoms with Crippen LogP contribution in [0.2, 0.25) is 0 Å². The SMILES string of the molecule is Cc1cc(C(=O)N2CCN(S(=O)(=O)N3C[C@H](C)O[C@@H](C)C3)CC2)ccc1[N+](=O)[O-]. The summed E-state index contributed by atoms with van der Waals surface area (Å²) in [5, 5.41) is 10.9. The lowest BCUT2D eigenvalue weighted by Gasteiger charge is -2.40. The summed E-state index contributed by atoms with van der Waals surface area (Å²) < 4.78 is 34.4. The van der Waals surface area contributed by atoms with E-state index < -0.39 is 15.1 Å². The first-order valence-corrected chi connectivity index (χ1v) is 10.9. The number of carbonyl (C=O) groups excluding carboxylic acids is 1. The van der Waals surface area contributed by atoms with Gasteiger partial charge in [-0.25, -0.2) is 0 Å². The highest BCUT2D eigenvalue weighted by Crippen LogP contribution is 2.22. The molecule has 0 saturated carbocycles. The standard InChI is InChI=1S/C18H26N4O6S/c1-13-10-16(4-5-17(13)22(24)25)18(23)19-6-8-20(9-7-19)29(26,27)21-11-14(2)28-15(3)12-21/h4-5,10,14-15H,6-9,11-12H2,1-3H3/t14-,15-/m0/s1. The zero-order chi connectivity index (χ0) is 21.3. The van der Waals surface area contributed by atoms with Crippen molar-refractivity contribution in [1.82, 2.24) is 13.5 Å². The minimum absolute atomic E-state index is 0.0357. The van der Waals surface area contributed by atoms with E-state index in [1.807, 2.05) is 13.8 Å². The molecule has 0 unspecified atom stereocenters. The highest BCUT2D eigenvalue weighted by molar-refractivity contribution is 7.86. The van der Waals surface area contributed by atoms with Gasteiger partial charge in [-0.05, 0) is 32.9 Å². The zero-order valence-electron chi connectivity index (χ0n) is 16.8. The van der Waals surface area contributed by atoms with Crippen molar-refractivity contribution in [1.29, 1.82) is 0 Å². The van der Waals surface area contributed by atoms with Crippen LogP contribution in [0.5, 0.6) is 0 Å². The Morgan fingerprint density at radius 2 is 1.69 bits per heavy atom. The molecule has 1 aromatic carbocycles. The summed E-state index contributed by atoms with van der Waals surface area (Å²) in [4.78, 5) is 24.8. The molecule has 10 nitrogen and oxygen atoms in total. The van der Waals surface area contributed by atoms with Gasteiger partial charge in [0, 0.05) is 56.5 Å². The summed E-state index contributed by atoms with van der Waals surface area (Å²) in [5.41, 5.74) is 0.740. The van der Waals surface area contributed by atoms with Crippen LogP contribution in [-0.2, 0) is 14.9 Å². The summed E-state index contributed by atoms with van der Waals surface area (Å²) >= 11 is 0. The third-order valence-corrected chi connectivity index (χ3v) is 7.17. The molecular formula is C18H26N4O6S. The van der Waals surface area contributed by atoms with Crippen LogP contribution < -0.4 is 0 Å². The second-order valence-electron chi connectivity index (χ2n) is 7.53. The van der Waals surface area contributed by atoms with Crippen molar-refractivity contribution in [3.05, 3.63) is 39.4 Å². The number of nitrogens with zero attached hydrogens (tertiary/aromatic N) is 4. The van der Waals surface area contributed by atoms with Crippen LogP contribution in [0.15, 0.2) is 18.2 Å². The van der Waals surface area contributed by atoms with Crippen LogP contribution in [0, 0.1) is 17.0 Å². The third kappa shape index (κ3) is 4.58. The molecule has 2 heterocycles. The van der Waals surface area contributed by atoms with Crippen LogP contribution in [0.4, 0.5) is 5.69 Å². The fourth-order valence-corrected chi connectivity index (χ4v) is 5.53. The van der Waals surface area contributed by atoms with Crippen LogP contribution >= 0.6 is 0 Å². The van der Waals surface area contributed by atoms with Gasteiger partial charge in [-0.2, -0.15) is 17.0 Å². The van der Waals surface area contributed by atoms with Crippen molar-refractivity contribution in [2.45, 2.75) is 33.0 Å². The molecule has 2 atom stereocenters. The number of rotatable bonds is 4. The van der Waals surface area contributed by atoms with Gasteiger partial charge in [0.05, 0.1) is 17.1 Å². The van der Waals surface area contributed by atoms with Gasteiger partial charge in [-0.15, -0.1) is 0 Å². The molecule has 0 radical (unpaired) electrons. The van der Waals surface area contributed by atoms with Crippen LogP contribution in [0.1, 0.15) is 29.8 Å². The molecule has 2 aliphatic heterocycles. The number of carbonyl (C=O) groups is 1. The molecule has 1 amide bonds. The Morgan fingerprint density at radius 3 is 2.21 bits per heavy atom. The molecule has 2 aliphatic rings. The molecule has 0 N–H and O–H groups in total. The van der Waals surface area contributed by atoms with Crippen LogP contribution in [-0.4, -0.2) is 84.2 Å². The number of hydrogen-bond donors (Lipinski definition) is 0. The van der Waals surface area contributed by atoms with E-state index in [-0.39, 0.29) is 50.0 Å². The second-order valence-corrected chi connectivity index (χ2v) is 9.46. The summed E-state index contributed by atoms with van der Waals surface area (Å²) in [5.74, 6) is -0.256. The molecule has 3 rings (SSSR count). The second kappa shape index (κ2) is 8.34. The van der Waals surface area contributed by atoms with E-state index in [1.54, 1.807) is 11.8 Å². The maximum absolute atomic E-state index is 13.0. The van der Waals surface area contributed by atoms with Gasteiger partial charge in [-0.3, -0.25) is 14.9 Å². The van der Waals surface area contributed by atoms with Crippen molar-refractivity contribution < 1.29 is 22.9 Å². The van der Waals surface area contributed by atoms with Gasteiger partial charge >= 0.3 is 0 Å². The minimum atomic E-state index is -3.61. The van der Waals surface area contributed by atoms with E-state index in [0.29, 0.717) is 24.2 Å². The van der Waals surface area contributed by atoms with Crippen molar-refractivity contribution >= 4 is 21.8 Å². The van der Waals surface area contributed by atoms with Crippen molar-refractivity contribution in [2.24, 2.45) is 0 Å². The number of piperazine rings is 1. The molecule has 29 heavy (non-hydrogen) atoms. The number of morpholine rings is 1. The number of aryl methyl sites for hydroxylation is 1. The smallest absolute Gasteiger partial charge is 0.282 e. The summed E-state index contributed by atoms with van der Waals surface area (Å²) in [6, 6.07) is 4.26. The largest absolute Gasteiger partial charge is 0.373 e. The van der Waals surface area contributed by atoms with Gasteiger partial charge in [0.1, 0.15) is 0 Å². The Hall–Kier alpha value is -2.08. The Kier molecular flexibility index (Phi) is 6.22. The zero-order valence-corrected chi connectivity index (χ0v) is 17.6. The Balaban J connectivity index is 1.65. The third-order valence-electron chi connectivity index (χ3n) is 5.20. The molecule has 11 heteroatoms. The lowest BCUT2D eigenvalue weighted by molar-refractivity contribution is -0.385. The van der Waals surface area contributed by atoms with E-state index in [0.717, 1.165) is 0 Å². The summed E-state index contributed by atoms with van der Waals surface area (Å²) in [6.45, 7) is 6.86. The fourth-order valence-electron chi connectivity index (χ4n) is 3.78. The Morgan fingerprint density at radius 1 is 1.10 bits per heavy atom. The summed E-state index contributed by atoms with van der Waals surface area (Å²) in [6.07, 6.45) is -0.330. The maximum Gasteiger partial charge on any atom is 0.282 e. The molecule has 0 spiro atoms. The van der Waals surface area contributed by atoms with Gasteiger partial charge in [0.15, 0.2) is 0 Å². The monoisotopic (exact) mass is 426 g/mol. The van der Waals surface area contributed by atoms with Gasteiger partial charge in [-0.1, -0.05) is 0 Å². The molecule has 1 aromatic rings. The van der Waals surface area contributed by atoms with Crippen molar-refractivity contribution in [3.8, 4) is 0 Å². The highest BCUT2D eigenvalue weighted by atomic mass is 32.2. The van der Waals surface area contributed by atoms with Crippen LogP contribution in [0.3, 0.4) is 0 Å². The number of hydrogen-bond acceptors (Lipinski definition) is 6. The lowest BCUT2D eigenvalue weighted by atomic mass is 10.1. The predicted octanol–water partition coefficient (Wildman–Crippen LogP) is 1.02. The highest BCUT2D eigenvalue weighted by Gasteiger charge is 2.37. The molecular weight excluding hydrogens is 400 g/mol. The van der Waals surface area contributed by atoms with Crippen molar-refractivity contribution in [2.75, 3.05) is 39.3 Å². The van der Waals surface area contributed by atoms with E-state index in [4.69, 9.17) is 4.74 Å². The van der Waals surface area contributed by atoms with Gasteiger partial charge in [0.25, 0.3) is 21.8 Å². The molecule has 0 bridgehead atoms. The molecule has 0 aromatic heterocycles. The number of benzene rings is 1. The molecule has 0 aliphatic carbocycles. The Bertz CT molecular complexity index is 888. The Labute approximate surface area is 170 Å². The topological polar surface area (TPSA) is 113 Å². The normalized spacial score (nSPS) is 24.4. The first kappa shape index (κ1) is 21.6. The van der Waals surface area contributed by atoms with Crippen LogP contribution in [0.25, 0.3) is 0 Å². The minimum Gasteiger partial charge on any atom is -0.373 e. The number of nitro benzene ring substituents is 1. The van der Waals surface area contributed by atoms with E-state index >= 15 is 0 Å².